The number of aromatic nitrogens is 1. The van der Waals surface area contributed by atoms with E-state index < -0.39 is 5.92 Å². The lowest BCUT2D eigenvalue weighted by Crippen LogP contribution is -2.28. The quantitative estimate of drug-likeness (QED) is 0.669. The predicted molar refractivity (Wildman–Crippen MR) is 122 cm³/mol. The van der Waals surface area contributed by atoms with Gasteiger partial charge in [-0.2, -0.15) is 0 Å². The maximum atomic E-state index is 13.1. The molecule has 1 aromatic heterocycles. The minimum absolute atomic E-state index is 0.0314. The fourth-order valence-corrected chi connectivity index (χ4v) is 4.07. The number of amides is 2. The highest BCUT2D eigenvalue weighted by Gasteiger charge is 2.35. The SMILES string of the molecule is COc1ccc(NC(=O)[C@@H]2CC(=O)N(c3ccc(C)cc3)C2)c(-n2c(C)ccc2C)c1. The van der Waals surface area contributed by atoms with Crippen molar-refractivity contribution < 1.29 is 14.3 Å². The standard InChI is InChI=1S/C25H27N3O3/c1-16-5-9-20(10-6-16)27-15-19(13-24(27)29)25(30)26-22-12-11-21(31-4)14-23(22)28-17(2)7-8-18(28)3/h5-12,14,19H,13,15H2,1-4H3,(H,26,30)/t19-/m1/s1. The smallest absolute Gasteiger partial charge is 0.229 e. The largest absolute Gasteiger partial charge is 0.497 e. The van der Waals surface area contributed by atoms with Crippen molar-refractivity contribution in [3.63, 3.8) is 0 Å². The Balaban J connectivity index is 1.58. The third-order valence-electron chi connectivity index (χ3n) is 5.82. The van der Waals surface area contributed by atoms with Gasteiger partial charge in [0.25, 0.3) is 0 Å². The predicted octanol–water partition coefficient (Wildman–Crippen LogP) is 4.40. The van der Waals surface area contributed by atoms with Crippen molar-refractivity contribution in [1.29, 1.82) is 0 Å². The monoisotopic (exact) mass is 417 g/mol. The molecular formula is C25H27N3O3. The molecule has 1 aliphatic rings. The van der Waals surface area contributed by atoms with E-state index in [1.165, 1.54) is 0 Å². The molecule has 31 heavy (non-hydrogen) atoms. The maximum absolute atomic E-state index is 13.1. The van der Waals surface area contributed by atoms with Crippen molar-refractivity contribution in [2.75, 3.05) is 23.9 Å². The molecule has 1 atom stereocenters. The summed E-state index contributed by atoms with van der Waals surface area (Å²) in [6, 6.07) is 17.5. The lowest BCUT2D eigenvalue weighted by atomic mass is 10.1. The van der Waals surface area contributed by atoms with Gasteiger partial charge in [0.1, 0.15) is 5.75 Å². The van der Waals surface area contributed by atoms with Crippen LogP contribution in [-0.2, 0) is 9.59 Å². The lowest BCUT2D eigenvalue weighted by molar-refractivity contribution is -0.122. The number of hydrogen-bond donors (Lipinski definition) is 1. The molecule has 0 saturated carbocycles. The summed E-state index contributed by atoms with van der Waals surface area (Å²) in [4.78, 5) is 27.4. The number of methoxy groups -OCH3 is 1. The second-order valence-electron chi connectivity index (χ2n) is 8.06. The van der Waals surface area contributed by atoms with E-state index in [4.69, 9.17) is 4.74 Å². The van der Waals surface area contributed by atoms with Gasteiger partial charge < -0.3 is 19.5 Å². The number of benzene rings is 2. The number of ether oxygens (including phenoxy) is 1. The summed E-state index contributed by atoms with van der Waals surface area (Å²) >= 11 is 0. The first kappa shape index (κ1) is 20.7. The van der Waals surface area contributed by atoms with Gasteiger partial charge in [-0.3, -0.25) is 9.59 Å². The van der Waals surface area contributed by atoms with E-state index in [1.54, 1.807) is 12.0 Å². The van der Waals surface area contributed by atoms with Crippen LogP contribution in [0.5, 0.6) is 5.75 Å². The van der Waals surface area contributed by atoms with Crippen LogP contribution in [0.15, 0.2) is 54.6 Å². The van der Waals surface area contributed by atoms with Crippen molar-refractivity contribution >= 4 is 23.2 Å². The third kappa shape index (κ3) is 4.06. The number of carbonyl (C=O) groups is 2. The minimum Gasteiger partial charge on any atom is -0.497 e. The van der Waals surface area contributed by atoms with E-state index in [0.717, 1.165) is 28.3 Å². The topological polar surface area (TPSA) is 63.6 Å². The minimum atomic E-state index is -0.407. The van der Waals surface area contributed by atoms with Crippen molar-refractivity contribution in [3.8, 4) is 11.4 Å². The van der Waals surface area contributed by atoms with Gasteiger partial charge in [-0.05, 0) is 57.2 Å². The van der Waals surface area contributed by atoms with Crippen molar-refractivity contribution in [1.82, 2.24) is 4.57 Å². The van der Waals surface area contributed by atoms with Gasteiger partial charge in [-0.15, -0.1) is 0 Å². The van der Waals surface area contributed by atoms with Gasteiger partial charge in [-0.25, -0.2) is 0 Å². The molecule has 6 heteroatoms. The molecule has 0 radical (unpaired) electrons. The molecule has 3 aromatic rings. The summed E-state index contributed by atoms with van der Waals surface area (Å²) in [5.41, 5.74) is 5.61. The van der Waals surface area contributed by atoms with Gasteiger partial charge in [0, 0.05) is 36.1 Å². The summed E-state index contributed by atoms with van der Waals surface area (Å²) in [5, 5.41) is 3.05. The molecule has 2 amide bonds. The summed E-state index contributed by atoms with van der Waals surface area (Å²) in [6.07, 6.45) is 0.201. The average Bonchev–Trinajstić information content (AvgIpc) is 3.31. The van der Waals surface area contributed by atoms with Gasteiger partial charge >= 0.3 is 0 Å². The lowest BCUT2D eigenvalue weighted by Gasteiger charge is -2.19. The maximum Gasteiger partial charge on any atom is 0.229 e. The van der Waals surface area contributed by atoms with E-state index >= 15 is 0 Å². The number of carbonyl (C=O) groups excluding carboxylic acids is 2. The summed E-state index contributed by atoms with van der Waals surface area (Å²) in [6.45, 7) is 6.42. The highest BCUT2D eigenvalue weighted by molar-refractivity contribution is 6.04. The third-order valence-corrected chi connectivity index (χ3v) is 5.82. The number of anilines is 2. The zero-order chi connectivity index (χ0) is 22.1. The first-order valence-corrected chi connectivity index (χ1v) is 10.4. The molecular weight excluding hydrogens is 390 g/mol. The molecule has 160 valence electrons. The Hall–Kier alpha value is -3.54. The van der Waals surface area contributed by atoms with Crippen molar-refractivity contribution in [2.24, 2.45) is 5.92 Å². The van der Waals surface area contributed by atoms with Crippen molar-refractivity contribution in [2.45, 2.75) is 27.2 Å². The Kier molecular flexibility index (Phi) is 5.55. The molecule has 0 spiro atoms. The van der Waals surface area contributed by atoms with Crippen LogP contribution in [0, 0.1) is 26.7 Å². The van der Waals surface area contributed by atoms with Gasteiger partial charge in [0.2, 0.25) is 11.8 Å². The number of aryl methyl sites for hydroxylation is 3. The zero-order valence-corrected chi connectivity index (χ0v) is 18.3. The normalized spacial score (nSPS) is 15.9. The average molecular weight is 418 g/mol. The molecule has 1 fully saturated rings. The Morgan fingerprint density at radius 2 is 1.68 bits per heavy atom. The summed E-state index contributed by atoms with van der Waals surface area (Å²) in [5.74, 6) is 0.116. The molecule has 0 unspecified atom stereocenters. The highest BCUT2D eigenvalue weighted by atomic mass is 16.5. The Morgan fingerprint density at radius 1 is 1.00 bits per heavy atom. The second-order valence-corrected chi connectivity index (χ2v) is 8.06. The molecule has 6 nitrogen and oxygen atoms in total. The molecule has 0 bridgehead atoms. The van der Waals surface area contributed by atoms with E-state index in [2.05, 4.69) is 9.88 Å². The molecule has 1 saturated heterocycles. The molecule has 4 rings (SSSR count). The summed E-state index contributed by atoms with van der Waals surface area (Å²) in [7, 11) is 1.62. The molecule has 0 aliphatic carbocycles. The van der Waals surface area contributed by atoms with Crippen LogP contribution >= 0.6 is 0 Å². The van der Waals surface area contributed by atoms with E-state index in [-0.39, 0.29) is 18.2 Å². The van der Waals surface area contributed by atoms with Crippen LogP contribution < -0.4 is 15.0 Å². The van der Waals surface area contributed by atoms with Crippen LogP contribution in [0.25, 0.3) is 5.69 Å². The van der Waals surface area contributed by atoms with E-state index in [1.807, 2.05) is 75.4 Å². The second kappa shape index (κ2) is 8.30. The fraction of sp³-hybridized carbons (Fsp3) is 0.280. The Morgan fingerprint density at radius 3 is 2.32 bits per heavy atom. The molecule has 2 heterocycles. The summed E-state index contributed by atoms with van der Waals surface area (Å²) < 4.78 is 7.48. The van der Waals surface area contributed by atoms with Crippen LogP contribution in [0.3, 0.4) is 0 Å². The number of nitrogens with one attached hydrogen (secondary N) is 1. The molecule has 2 aromatic carbocycles. The van der Waals surface area contributed by atoms with Crippen LogP contribution in [0.4, 0.5) is 11.4 Å². The van der Waals surface area contributed by atoms with Crippen LogP contribution in [0.2, 0.25) is 0 Å². The first-order valence-electron chi connectivity index (χ1n) is 10.4. The first-order chi connectivity index (χ1) is 14.9. The Bertz CT molecular complexity index is 1110. The van der Waals surface area contributed by atoms with E-state index in [0.29, 0.717) is 18.0 Å². The molecule has 1 N–H and O–H groups in total. The fourth-order valence-electron chi connectivity index (χ4n) is 4.07. The van der Waals surface area contributed by atoms with E-state index in [9.17, 15) is 9.59 Å². The van der Waals surface area contributed by atoms with Crippen LogP contribution in [0.1, 0.15) is 23.4 Å². The van der Waals surface area contributed by atoms with Gasteiger partial charge in [0.15, 0.2) is 0 Å². The number of nitrogens with zero attached hydrogens (tertiary/aromatic N) is 2. The van der Waals surface area contributed by atoms with Gasteiger partial charge in [0.05, 0.1) is 24.4 Å². The van der Waals surface area contributed by atoms with Gasteiger partial charge in [-0.1, -0.05) is 17.7 Å². The number of hydrogen-bond acceptors (Lipinski definition) is 3. The Labute approximate surface area is 182 Å². The zero-order valence-electron chi connectivity index (χ0n) is 18.3. The molecule has 1 aliphatic heterocycles. The van der Waals surface area contributed by atoms with Crippen molar-refractivity contribution in [3.05, 3.63) is 71.5 Å². The van der Waals surface area contributed by atoms with Crippen LogP contribution in [-0.4, -0.2) is 30.0 Å². The number of rotatable bonds is 5. The highest BCUT2D eigenvalue weighted by Crippen LogP contribution is 2.31.